The predicted molar refractivity (Wildman–Crippen MR) is 106 cm³/mol. The molecule has 0 spiro atoms. The van der Waals surface area contributed by atoms with Crippen LogP contribution in [-0.2, 0) is 0 Å². The number of likely N-dealkylation sites (N-methyl/N-ethyl adjacent to an activating group) is 1. The van der Waals surface area contributed by atoms with Crippen LogP contribution in [0.3, 0.4) is 0 Å². The summed E-state index contributed by atoms with van der Waals surface area (Å²) in [5.74, 6) is -0.165. The molecule has 5 heteroatoms. The van der Waals surface area contributed by atoms with Gasteiger partial charge in [-0.25, -0.2) is 0 Å². The Morgan fingerprint density at radius 2 is 1.69 bits per heavy atom. The number of likely N-dealkylation sites (tertiary alicyclic amines) is 1. The molecule has 0 aromatic heterocycles. The second-order valence-electron chi connectivity index (χ2n) is 6.62. The number of carbonyl (C=O) groups is 2. The van der Waals surface area contributed by atoms with Gasteiger partial charge in [0.25, 0.3) is 5.91 Å². The average Bonchev–Trinajstić information content (AvgIpc) is 2.67. The molecule has 2 aromatic rings. The normalized spacial score (nSPS) is 16.7. The lowest BCUT2D eigenvalue weighted by molar-refractivity contribution is 0.0694. The molecule has 1 fully saturated rings. The zero-order valence-electron chi connectivity index (χ0n) is 15.2. The number of carbonyl (C=O) groups excluding carboxylic acids is 2. The molecule has 1 atom stereocenters. The van der Waals surface area contributed by atoms with Gasteiger partial charge < -0.3 is 10.2 Å². The van der Waals surface area contributed by atoms with E-state index in [0.29, 0.717) is 29.3 Å². The summed E-state index contributed by atoms with van der Waals surface area (Å²) in [5, 5.41) is 3.25. The van der Waals surface area contributed by atoms with Gasteiger partial charge in [-0.1, -0.05) is 48.0 Å². The fourth-order valence-electron chi connectivity index (χ4n) is 3.30. The van der Waals surface area contributed by atoms with Gasteiger partial charge in [-0.15, -0.1) is 12.4 Å². The maximum absolute atomic E-state index is 13.0. The second-order valence-corrected chi connectivity index (χ2v) is 6.62. The number of halogens is 1. The topological polar surface area (TPSA) is 49.4 Å². The number of piperidine rings is 1. The van der Waals surface area contributed by atoms with Crippen LogP contribution in [-0.4, -0.2) is 42.8 Å². The Balaban J connectivity index is 0.00000243. The molecule has 1 aliphatic rings. The quantitative estimate of drug-likeness (QED) is 0.836. The Morgan fingerprint density at radius 3 is 2.35 bits per heavy atom. The van der Waals surface area contributed by atoms with E-state index >= 15 is 0 Å². The van der Waals surface area contributed by atoms with Crippen LogP contribution < -0.4 is 5.32 Å². The van der Waals surface area contributed by atoms with E-state index in [-0.39, 0.29) is 24.1 Å². The number of nitrogens with zero attached hydrogens (tertiary/aromatic N) is 1. The summed E-state index contributed by atoms with van der Waals surface area (Å²) in [7, 11) is 1.92. The van der Waals surface area contributed by atoms with Gasteiger partial charge in [0.2, 0.25) is 0 Å². The number of amides is 1. The van der Waals surface area contributed by atoms with Crippen molar-refractivity contribution in [2.45, 2.75) is 25.8 Å². The van der Waals surface area contributed by atoms with Crippen LogP contribution in [0.4, 0.5) is 0 Å². The fourth-order valence-corrected chi connectivity index (χ4v) is 3.30. The summed E-state index contributed by atoms with van der Waals surface area (Å²) in [4.78, 5) is 27.8. The van der Waals surface area contributed by atoms with Crippen LogP contribution in [0.25, 0.3) is 0 Å². The number of hydrogen-bond donors (Lipinski definition) is 1. The van der Waals surface area contributed by atoms with Crippen molar-refractivity contribution in [2.24, 2.45) is 0 Å². The molecule has 1 N–H and O–H groups in total. The van der Waals surface area contributed by atoms with Crippen molar-refractivity contribution >= 4 is 24.1 Å². The number of rotatable bonds is 4. The van der Waals surface area contributed by atoms with Gasteiger partial charge in [-0.3, -0.25) is 9.59 Å². The Bertz CT molecular complexity index is 774. The Kier molecular flexibility index (Phi) is 6.95. The number of nitrogens with one attached hydrogen (secondary N) is 1. The first kappa shape index (κ1) is 20.1. The fraction of sp³-hybridized carbons (Fsp3) is 0.333. The van der Waals surface area contributed by atoms with E-state index in [2.05, 4.69) is 5.32 Å². The van der Waals surface area contributed by atoms with E-state index in [0.717, 1.165) is 24.9 Å². The van der Waals surface area contributed by atoms with Gasteiger partial charge in [0, 0.05) is 30.3 Å². The molecule has 1 amide bonds. The van der Waals surface area contributed by atoms with Crippen LogP contribution in [0.15, 0.2) is 48.5 Å². The van der Waals surface area contributed by atoms with Crippen molar-refractivity contribution in [3.8, 4) is 0 Å². The Hall–Kier alpha value is -2.17. The van der Waals surface area contributed by atoms with E-state index in [4.69, 9.17) is 0 Å². The lowest BCUT2D eigenvalue weighted by Crippen LogP contribution is -2.47. The highest BCUT2D eigenvalue weighted by Crippen LogP contribution is 2.19. The van der Waals surface area contributed by atoms with Gasteiger partial charge >= 0.3 is 0 Å². The average molecular weight is 373 g/mol. The van der Waals surface area contributed by atoms with Crippen molar-refractivity contribution in [1.29, 1.82) is 0 Å². The maximum Gasteiger partial charge on any atom is 0.254 e. The first-order valence-corrected chi connectivity index (χ1v) is 8.77. The van der Waals surface area contributed by atoms with Crippen LogP contribution >= 0.6 is 12.4 Å². The van der Waals surface area contributed by atoms with Gasteiger partial charge in [-0.2, -0.15) is 0 Å². The minimum Gasteiger partial charge on any atom is -0.337 e. The van der Waals surface area contributed by atoms with Crippen LogP contribution in [0.5, 0.6) is 0 Å². The molecule has 2 aromatic carbocycles. The molecular weight excluding hydrogens is 348 g/mol. The second kappa shape index (κ2) is 8.97. The zero-order valence-corrected chi connectivity index (χ0v) is 16.0. The lowest BCUT2D eigenvalue weighted by Gasteiger charge is -2.33. The molecule has 0 saturated carbocycles. The summed E-state index contributed by atoms with van der Waals surface area (Å²) in [6.45, 7) is 3.41. The minimum absolute atomic E-state index is 0. The third-order valence-corrected chi connectivity index (χ3v) is 4.83. The lowest BCUT2D eigenvalue weighted by atomic mass is 9.96. The van der Waals surface area contributed by atoms with Crippen molar-refractivity contribution in [2.75, 3.05) is 20.1 Å². The molecule has 1 heterocycles. The molecule has 1 saturated heterocycles. The van der Waals surface area contributed by atoms with Gasteiger partial charge in [0.1, 0.15) is 0 Å². The van der Waals surface area contributed by atoms with E-state index in [1.54, 1.807) is 12.1 Å². The van der Waals surface area contributed by atoms with Crippen LogP contribution in [0.2, 0.25) is 0 Å². The molecule has 0 bridgehead atoms. The highest BCUT2D eigenvalue weighted by atomic mass is 35.5. The van der Waals surface area contributed by atoms with E-state index in [9.17, 15) is 9.59 Å². The van der Waals surface area contributed by atoms with Gasteiger partial charge in [-0.05, 0) is 32.9 Å². The SMILES string of the molecule is CNC1CCCN(C(=O)c2ccccc2C(=O)c2ccc(C)cc2)C1.Cl. The smallest absolute Gasteiger partial charge is 0.254 e. The number of aryl methyl sites for hydroxylation is 1. The van der Waals surface area contributed by atoms with Crippen molar-refractivity contribution in [1.82, 2.24) is 10.2 Å². The zero-order chi connectivity index (χ0) is 17.8. The summed E-state index contributed by atoms with van der Waals surface area (Å²) < 4.78 is 0. The molecule has 1 aliphatic heterocycles. The van der Waals surface area contributed by atoms with E-state index in [1.165, 1.54) is 0 Å². The summed E-state index contributed by atoms with van der Waals surface area (Å²) in [6.07, 6.45) is 2.05. The van der Waals surface area contributed by atoms with E-state index in [1.807, 2.05) is 55.3 Å². The molecule has 0 radical (unpaired) electrons. The highest BCUT2D eigenvalue weighted by molar-refractivity contribution is 6.15. The van der Waals surface area contributed by atoms with Crippen LogP contribution in [0, 0.1) is 6.92 Å². The summed E-state index contributed by atoms with van der Waals surface area (Å²) in [6, 6.07) is 14.9. The Morgan fingerprint density at radius 1 is 1.04 bits per heavy atom. The third-order valence-electron chi connectivity index (χ3n) is 4.83. The molecule has 3 rings (SSSR count). The molecule has 26 heavy (non-hydrogen) atoms. The maximum atomic E-state index is 13.0. The Labute approximate surface area is 161 Å². The molecule has 0 aliphatic carbocycles. The largest absolute Gasteiger partial charge is 0.337 e. The third kappa shape index (κ3) is 4.32. The first-order chi connectivity index (χ1) is 12.1. The molecule has 1 unspecified atom stereocenters. The highest BCUT2D eigenvalue weighted by Gasteiger charge is 2.26. The van der Waals surface area contributed by atoms with Gasteiger partial charge in [0.15, 0.2) is 5.78 Å². The van der Waals surface area contributed by atoms with Crippen molar-refractivity contribution in [3.05, 3.63) is 70.8 Å². The predicted octanol–water partition coefficient (Wildman–Crippen LogP) is 3.47. The van der Waals surface area contributed by atoms with Crippen molar-refractivity contribution < 1.29 is 9.59 Å². The molecule has 138 valence electrons. The number of benzene rings is 2. The van der Waals surface area contributed by atoms with Crippen molar-refractivity contribution in [3.63, 3.8) is 0 Å². The van der Waals surface area contributed by atoms with E-state index < -0.39 is 0 Å². The molecule has 4 nitrogen and oxygen atoms in total. The summed E-state index contributed by atoms with van der Waals surface area (Å²) in [5.41, 5.74) is 2.68. The monoisotopic (exact) mass is 372 g/mol. The van der Waals surface area contributed by atoms with Gasteiger partial charge in [0.05, 0.1) is 5.56 Å². The van der Waals surface area contributed by atoms with Crippen LogP contribution in [0.1, 0.15) is 44.7 Å². The minimum atomic E-state index is -0.105. The first-order valence-electron chi connectivity index (χ1n) is 8.77. The summed E-state index contributed by atoms with van der Waals surface area (Å²) >= 11 is 0. The number of hydrogen-bond acceptors (Lipinski definition) is 3. The standard InChI is InChI=1S/C21H24N2O2.ClH/c1-15-9-11-16(12-10-15)20(24)18-7-3-4-8-19(18)21(25)23-13-5-6-17(14-23)22-2;/h3-4,7-12,17,22H,5-6,13-14H2,1-2H3;1H. The molecular formula is C21H25ClN2O2. The number of ketones is 1.